The Morgan fingerprint density at radius 2 is 1.32 bits per heavy atom. The highest BCUT2D eigenvalue weighted by atomic mass is 35.5. The second-order valence-electron chi connectivity index (χ2n) is 7.42. The van der Waals surface area contributed by atoms with Gasteiger partial charge in [0.1, 0.15) is 0 Å². The molecule has 0 aliphatic heterocycles. The molecular weight excluding hydrogens is 410 g/mol. The predicted molar refractivity (Wildman–Crippen MR) is 125 cm³/mol. The predicted octanol–water partition coefficient (Wildman–Crippen LogP) is 4.46. The molecule has 0 aliphatic carbocycles. The van der Waals surface area contributed by atoms with E-state index in [1.54, 1.807) is 31.3 Å². The van der Waals surface area contributed by atoms with E-state index in [-0.39, 0.29) is 30.9 Å². The maximum atomic E-state index is 12.9. The van der Waals surface area contributed by atoms with Crippen molar-refractivity contribution in [2.75, 3.05) is 32.5 Å². The van der Waals surface area contributed by atoms with Crippen LogP contribution in [-0.2, 0) is 9.59 Å². The van der Waals surface area contributed by atoms with E-state index in [1.165, 1.54) is 4.90 Å². The second kappa shape index (κ2) is 10.8. The molecule has 2 amide bonds. The fourth-order valence-electron chi connectivity index (χ4n) is 3.45. The maximum absolute atomic E-state index is 12.9. The third-order valence-corrected chi connectivity index (χ3v) is 5.34. The van der Waals surface area contributed by atoms with Crippen LogP contribution in [0, 0.1) is 0 Å². The van der Waals surface area contributed by atoms with Gasteiger partial charge in [0.2, 0.25) is 11.8 Å². The van der Waals surface area contributed by atoms with Crippen molar-refractivity contribution in [3.05, 3.63) is 101 Å². The van der Waals surface area contributed by atoms with E-state index in [0.29, 0.717) is 10.7 Å². The Labute approximate surface area is 188 Å². The smallest absolute Gasteiger partial charge is 0.244 e. The van der Waals surface area contributed by atoms with Crippen LogP contribution in [0.2, 0.25) is 5.02 Å². The fourth-order valence-corrected chi connectivity index (χ4v) is 3.64. The van der Waals surface area contributed by atoms with E-state index in [2.05, 4.69) is 29.6 Å². The molecule has 3 aromatic rings. The first-order valence-electron chi connectivity index (χ1n) is 10.0. The Hall–Kier alpha value is -3.15. The van der Waals surface area contributed by atoms with Crippen molar-refractivity contribution >= 4 is 29.1 Å². The van der Waals surface area contributed by atoms with Crippen LogP contribution >= 0.6 is 11.6 Å². The molecule has 0 bridgehead atoms. The summed E-state index contributed by atoms with van der Waals surface area (Å²) in [5.41, 5.74) is 2.73. The van der Waals surface area contributed by atoms with Crippen LogP contribution in [0.25, 0.3) is 0 Å². The van der Waals surface area contributed by atoms with Gasteiger partial charge >= 0.3 is 0 Å². The minimum absolute atomic E-state index is 0.0563. The van der Waals surface area contributed by atoms with Gasteiger partial charge in [-0.3, -0.25) is 14.5 Å². The molecule has 31 heavy (non-hydrogen) atoms. The van der Waals surface area contributed by atoms with E-state index >= 15 is 0 Å². The molecule has 0 saturated carbocycles. The fraction of sp³-hybridized carbons (Fsp3) is 0.200. The standard InChI is InChI=1S/C25H26ClN3O2/c1-28(17-23(30)27-22-16-10-9-15-21(22)26)24(31)18-29(2)25(19-11-5-3-6-12-19)20-13-7-4-8-14-20/h3-16,25H,17-18H2,1-2H3,(H,27,30). The van der Waals surface area contributed by atoms with E-state index in [4.69, 9.17) is 11.6 Å². The molecule has 3 rings (SSSR count). The van der Waals surface area contributed by atoms with E-state index in [9.17, 15) is 9.59 Å². The minimum Gasteiger partial charge on any atom is -0.335 e. The molecule has 0 saturated heterocycles. The lowest BCUT2D eigenvalue weighted by Crippen LogP contribution is -2.41. The SMILES string of the molecule is CN(CC(=O)Nc1ccccc1Cl)C(=O)CN(C)C(c1ccccc1)c1ccccc1. The second-order valence-corrected chi connectivity index (χ2v) is 7.82. The summed E-state index contributed by atoms with van der Waals surface area (Å²) in [5, 5.41) is 3.20. The van der Waals surface area contributed by atoms with Crippen LogP contribution in [0.1, 0.15) is 17.2 Å². The van der Waals surface area contributed by atoms with Crippen LogP contribution in [0.15, 0.2) is 84.9 Å². The van der Waals surface area contributed by atoms with Crippen molar-refractivity contribution in [3.63, 3.8) is 0 Å². The summed E-state index contributed by atoms with van der Waals surface area (Å²) < 4.78 is 0. The Balaban J connectivity index is 1.66. The first kappa shape index (κ1) is 22.5. The molecule has 5 nitrogen and oxygen atoms in total. The van der Waals surface area contributed by atoms with Gasteiger partial charge < -0.3 is 10.2 Å². The third-order valence-electron chi connectivity index (χ3n) is 5.01. The first-order chi connectivity index (χ1) is 15.0. The van der Waals surface area contributed by atoms with Crippen LogP contribution in [-0.4, -0.2) is 48.8 Å². The largest absolute Gasteiger partial charge is 0.335 e. The number of para-hydroxylation sites is 1. The Morgan fingerprint density at radius 3 is 1.87 bits per heavy atom. The molecule has 0 unspecified atom stereocenters. The van der Waals surface area contributed by atoms with Crippen molar-refractivity contribution < 1.29 is 9.59 Å². The molecule has 6 heteroatoms. The summed E-state index contributed by atoms with van der Waals surface area (Å²) in [4.78, 5) is 28.6. The van der Waals surface area contributed by atoms with Gasteiger partial charge in [-0.15, -0.1) is 0 Å². The summed E-state index contributed by atoms with van der Waals surface area (Å²) in [6.07, 6.45) is 0. The lowest BCUT2D eigenvalue weighted by Gasteiger charge is -2.30. The highest BCUT2D eigenvalue weighted by molar-refractivity contribution is 6.33. The molecule has 1 N–H and O–H groups in total. The highest BCUT2D eigenvalue weighted by Gasteiger charge is 2.23. The zero-order chi connectivity index (χ0) is 22.2. The number of nitrogens with one attached hydrogen (secondary N) is 1. The van der Waals surface area contributed by atoms with Crippen LogP contribution in [0.4, 0.5) is 5.69 Å². The van der Waals surface area contributed by atoms with Crippen molar-refractivity contribution in [1.29, 1.82) is 0 Å². The normalized spacial score (nSPS) is 10.9. The Kier molecular flexibility index (Phi) is 7.82. The molecular formula is C25H26ClN3O2. The van der Waals surface area contributed by atoms with Gasteiger partial charge in [0, 0.05) is 7.05 Å². The number of carbonyl (C=O) groups is 2. The van der Waals surface area contributed by atoms with Gasteiger partial charge in [-0.25, -0.2) is 0 Å². The van der Waals surface area contributed by atoms with Crippen molar-refractivity contribution in [3.8, 4) is 0 Å². The lowest BCUT2D eigenvalue weighted by molar-refractivity contribution is -0.134. The number of carbonyl (C=O) groups excluding carboxylic acids is 2. The van der Waals surface area contributed by atoms with Gasteiger partial charge in [-0.2, -0.15) is 0 Å². The number of amides is 2. The Morgan fingerprint density at radius 1 is 0.806 bits per heavy atom. The summed E-state index contributed by atoms with van der Waals surface area (Å²) >= 11 is 6.09. The molecule has 0 aromatic heterocycles. The number of nitrogens with zero attached hydrogens (tertiary/aromatic N) is 2. The molecule has 0 radical (unpaired) electrons. The van der Waals surface area contributed by atoms with Gasteiger partial charge in [0.05, 0.1) is 29.8 Å². The molecule has 160 valence electrons. The van der Waals surface area contributed by atoms with Crippen LogP contribution in [0.3, 0.4) is 0 Å². The van der Waals surface area contributed by atoms with Gasteiger partial charge in [-0.05, 0) is 30.3 Å². The highest BCUT2D eigenvalue weighted by Crippen LogP contribution is 2.27. The topological polar surface area (TPSA) is 52.7 Å². The van der Waals surface area contributed by atoms with Crippen molar-refractivity contribution in [2.45, 2.75) is 6.04 Å². The van der Waals surface area contributed by atoms with E-state index < -0.39 is 0 Å². The van der Waals surface area contributed by atoms with Gasteiger partial charge in [0.15, 0.2) is 0 Å². The summed E-state index contributed by atoms with van der Waals surface area (Å²) in [7, 11) is 3.54. The molecule has 0 aliphatic rings. The van der Waals surface area contributed by atoms with Crippen LogP contribution < -0.4 is 5.32 Å². The monoisotopic (exact) mass is 435 g/mol. The number of halogens is 1. The molecule has 0 fully saturated rings. The zero-order valence-electron chi connectivity index (χ0n) is 17.7. The summed E-state index contributed by atoms with van der Waals surface area (Å²) in [6, 6.07) is 27.1. The van der Waals surface area contributed by atoms with Crippen molar-refractivity contribution in [1.82, 2.24) is 9.80 Å². The third kappa shape index (κ3) is 6.17. The summed E-state index contributed by atoms with van der Waals surface area (Å²) in [5.74, 6) is -0.442. The molecule has 0 spiro atoms. The number of anilines is 1. The van der Waals surface area contributed by atoms with Crippen molar-refractivity contribution in [2.24, 2.45) is 0 Å². The number of hydrogen-bond donors (Lipinski definition) is 1. The quantitative estimate of drug-likeness (QED) is 0.568. The minimum atomic E-state index is -0.297. The van der Waals surface area contributed by atoms with Crippen LogP contribution in [0.5, 0.6) is 0 Å². The lowest BCUT2D eigenvalue weighted by atomic mass is 9.97. The molecule has 3 aromatic carbocycles. The maximum Gasteiger partial charge on any atom is 0.244 e. The molecule has 0 heterocycles. The average molecular weight is 436 g/mol. The number of benzene rings is 3. The van der Waals surface area contributed by atoms with Gasteiger partial charge in [-0.1, -0.05) is 84.4 Å². The average Bonchev–Trinajstić information content (AvgIpc) is 2.77. The van der Waals surface area contributed by atoms with Gasteiger partial charge in [0.25, 0.3) is 0 Å². The van der Waals surface area contributed by atoms with E-state index in [1.807, 2.05) is 48.3 Å². The number of hydrogen-bond acceptors (Lipinski definition) is 3. The molecule has 0 atom stereocenters. The first-order valence-corrected chi connectivity index (χ1v) is 10.4. The van der Waals surface area contributed by atoms with E-state index in [0.717, 1.165) is 11.1 Å². The summed E-state index contributed by atoms with van der Waals surface area (Å²) in [6.45, 7) is 0.115. The zero-order valence-corrected chi connectivity index (χ0v) is 18.4. The number of rotatable bonds is 8. The Bertz CT molecular complexity index is 972. The number of likely N-dealkylation sites (N-methyl/N-ethyl adjacent to an activating group) is 2.